The van der Waals surface area contributed by atoms with Crippen molar-refractivity contribution in [2.24, 2.45) is 0 Å². The van der Waals surface area contributed by atoms with Crippen LogP contribution in [0, 0.1) is 0 Å². The fraction of sp³-hybridized carbons (Fsp3) is 0.500. The molecule has 1 amide bonds. The summed E-state index contributed by atoms with van der Waals surface area (Å²) in [6, 6.07) is 5.62. The average molecular weight is 264 g/mol. The van der Waals surface area contributed by atoms with Crippen molar-refractivity contribution in [1.82, 2.24) is 5.32 Å². The van der Waals surface area contributed by atoms with E-state index in [4.69, 9.17) is 15.2 Å². The van der Waals surface area contributed by atoms with Gasteiger partial charge in [0.2, 0.25) is 0 Å². The molecule has 19 heavy (non-hydrogen) atoms. The summed E-state index contributed by atoms with van der Waals surface area (Å²) in [5, 5.41) is 2.71. The van der Waals surface area contributed by atoms with E-state index in [1.807, 2.05) is 39.0 Å². The van der Waals surface area contributed by atoms with E-state index in [0.717, 1.165) is 17.7 Å². The molecule has 1 unspecified atom stereocenters. The molecule has 1 heterocycles. The summed E-state index contributed by atoms with van der Waals surface area (Å²) in [6.07, 6.45) is 0.279. The molecule has 0 saturated carbocycles. The second kappa shape index (κ2) is 4.99. The maximum atomic E-state index is 11.5. The Hall–Kier alpha value is -1.91. The molecule has 3 N–H and O–H groups in total. The number of rotatable bonds is 2. The van der Waals surface area contributed by atoms with Crippen LogP contribution >= 0.6 is 0 Å². The van der Waals surface area contributed by atoms with E-state index in [2.05, 4.69) is 5.32 Å². The molecule has 104 valence electrons. The Labute approximate surface area is 113 Å². The molecular weight excluding hydrogens is 244 g/mol. The summed E-state index contributed by atoms with van der Waals surface area (Å²) in [5.41, 5.74) is 7.01. The number of ether oxygens (including phenoxy) is 2. The minimum atomic E-state index is -0.488. The highest BCUT2D eigenvalue weighted by Crippen LogP contribution is 2.30. The van der Waals surface area contributed by atoms with E-state index in [1.54, 1.807) is 0 Å². The molecule has 1 aliphatic rings. The van der Waals surface area contributed by atoms with Crippen molar-refractivity contribution in [2.45, 2.75) is 38.9 Å². The van der Waals surface area contributed by atoms with Gasteiger partial charge in [-0.3, -0.25) is 0 Å². The van der Waals surface area contributed by atoms with Gasteiger partial charge in [0.15, 0.2) is 0 Å². The van der Waals surface area contributed by atoms with Crippen LogP contribution in [0.5, 0.6) is 5.75 Å². The average Bonchev–Trinajstić information content (AvgIpc) is 2.66. The zero-order valence-corrected chi connectivity index (χ0v) is 11.5. The third kappa shape index (κ3) is 3.77. The van der Waals surface area contributed by atoms with Gasteiger partial charge in [0, 0.05) is 18.2 Å². The Morgan fingerprint density at radius 1 is 1.53 bits per heavy atom. The summed E-state index contributed by atoms with van der Waals surface area (Å²) >= 11 is 0. The van der Waals surface area contributed by atoms with Gasteiger partial charge in [-0.25, -0.2) is 4.79 Å². The third-order valence-corrected chi connectivity index (χ3v) is 2.71. The van der Waals surface area contributed by atoms with Crippen molar-refractivity contribution < 1.29 is 14.3 Å². The number of nitrogens with one attached hydrogen (secondary N) is 1. The highest BCUT2D eigenvalue weighted by molar-refractivity contribution is 5.67. The number of hydrogen-bond donors (Lipinski definition) is 2. The number of hydrogen-bond acceptors (Lipinski definition) is 4. The predicted octanol–water partition coefficient (Wildman–Crippen LogP) is 2.10. The maximum Gasteiger partial charge on any atom is 0.407 e. The summed E-state index contributed by atoms with van der Waals surface area (Å²) in [5.74, 6) is 0.802. The number of amides is 1. The molecule has 0 saturated heterocycles. The van der Waals surface area contributed by atoms with E-state index in [-0.39, 0.29) is 6.10 Å². The number of carbonyl (C=O) groups is 1. The van der Waals surface area contributed by atoms with Gasteiger partial charge in [-0.05, 0) is 32.4 Å². The Kier molecular flexibility index (Phi) is 3.55. The number of benzene rings is 1. The molecule has 2 rings (SSSR count). The molecule has 0 bridgehead atoms. The smallest absolute Gasteiger partial charge is 0.407 e. The zero-order chi connectivity index (χ0) is 14.0. The monoisotopic (exact) mass is 264 g/mol. The van der Waals surface area contributed by atoms with Crippen molar-refractivity contribution in [2.75, 3.05) is 12.3 Å². The van der Waals surface area contributed by atoms with Crippen molar-refractivity contribution in [3.05, 3.63) is 23.8 Å². The van der Waals surface area contributed by atoms with Crippen LogP contribution in [0.25, 0.3) is 0 Å². The van der Waals surface area contributed by atoms with Gasteiger partial charge in [-0.2, -0.15) is 0 Å². The quantitative estimate of drug-likeness (QED) is 0.802. The van der Waals surface area contributed by atoms with Gasteiger partial charge in [-0.15, -0.1) is 0 Å². The molecule has 5 heteroatoms. The van der Waals surface area contributed by atoms with Gasteiger partial charge in [0.05, 0.1) is 6.54 Å². The minimum absolute atomic E-state index is 0.0654. The van der Waals surface area contributed by atoms with E-state index in [1.165, 1.54) is 0 Å². The fourth-order valence-electron chi connectivity index (χ4n) is 1.94. The number of fused-ring (bicyclic) bond motifs is 1. The topological polar surface area (TPSA) is 73.6 Å². The maximum absolute atomic E-state index is 11.5. The van der Waals surface area contributed by atoms with Crippen LogP contribution in [0.15, 0.2) is 18.2 Å². The molecule has 0 aromatic heterocycles. The molecule has 0 aliphatic carbocycles. The van der Waals surface area contributed by atoms with Crippen LogP contribution in [0.4, 0.5) is 10.5 Å². The Balaban J connectivity index is 1.83. The van der Waals surface area contributed by atoms with Gasteiger partial charge in [-0.1, -0.05) is 6.07 Å². The number of nitrogen functional groups attached to an aromatic ring is 1. The molecule has 1 aliphatic heterocycles. The Morgan fingerprint density at radius 2 is 2.26 bits per heavy atom. The molecule has 0 spiro atoms. The Bertz CT molecular complexity index is 480. The molecule has 5 nitrogen and oxygen atoms in total. The van der Waals surface area contributed by atoms with Crippen LogP contribution in [0.3, 0.4) is 0 Å². The van der Waals surface area contributed by atoms with E-state index in [0.29, 0.717) is 12.2 Å². The highest BCUT2D eigenvalue weighted by atomic mass is 16.6. The lowest BCUT2D eigenvalue weighted by Gasteiger charge is -2.20. The summed E-state index contributed by atoms with van der Waals surface area (Å²) in [4.78, 5) is 11.5. The van der Waals surface area contributed by atoms with Crippen LogP contribution in [0.2, 0.25) is 0 Å². The first-order valence-electron chi connectivity index (χ1n) is 6.35. The second-order valence-electron chi connectivity index (χ2n) is 5.69. The van der Waals surface area contributed by atoms with Crippen molar-refractivity contribution in [3.63, 3.8) is 0 Å². The lowest BCUT2D eigenvalue weighted by Crippen LogP contribution is -2.38. The molecule has 1 aromatic rings. The lowest BCUT2D eigenvalue weighted by atomic mass is 10.1. The van der Waals surface area contributed by atoms with Gasteiger partial charge >= 0.3 is 6.09 Å². The van der Waals surface area contributed by atoms with Crippen LogP contribution in [0.1, 0.15) is 26.3 Å². The van der Waals surface area contributed by atoms with Crippen molar-refractivity contribution in [3.8, 4) is 5.75 Å². The zero-order valence-electron chi connectivity index (χ0n) is 11.5. The van der Waals surface area contributed by atoms with Crippen LogP contribution in [-0.2, 0) is 11.2 Å². The highest BCUT2D eigenvalue weighted by Gasteiger charge is 2.24. The SMILES string of the molecule is CC(C)(C)OC(=O)NCC1Cc2ccc(N)cc2O1. The largest absolute Gasteiger partial charge is 0.488 e. The van der Waals surface area contributed by atoms with Gasteiger partial charge in [0.25, 0.3) is 0 Å². The minimum Gasteiger partial charge on any atom is -0.488 e. The fourth-order valence-corrected chi connectivity index (χ4v) is 1.94. The third-order valence-electron chi connectivity index (χ3n) is 2.71. The standard InChI is InChI=1S/C14H20N2O3/c1-14(2,3)19-13(17)16-8-11-6-9-4-5-10(15)7-12(9)18-11/h4-5,7,11H,6,8,15H2,1-3H3,(H,16,17). The van der Waals surface area contributed by atoms with E-state index < -0.39 is 11.7 Å². The first kappa shape index (κ1) is 13.5. The van der Waals surface area contributed by atoms with E-state index >= 15 is 0 Å². The lowest BCUT2D eigenvalue weighted by molar-refractivity contribution is 0.0506. The molecule has 0 radical (unpaired) electrons. The molecular formula is C14H20N2O3. The Morgan fingerprint density at radius 3 is 2.95 bits per heavy atom. The van der Waals surface area contributed by atoms with E-state index in [9.17, 15) is 4.79 Å². The first-order valence-corrected chi connectivity index (χ1v) is 6.35. The van der Waals surface area contributed by atoms with Gasteiger partial charge in [0.1, 0.15) is 17.5 Å². The normalized spacial score (nSPS) is 17.5. The molecule has 0 fully saturated rings. The molecule has 1 aromatic carbocycles. The van der Waals surface area contributed by atoms with Crippen molar-refractivity contribution >= 4 is 11.8 Å². The number of carbonyl (C=O) groups excluding carboxylic acids is 1. The predicted molar refractivity (Wildman–Crippen MR) is 73.2 cm³/mol. The van der Waals surface area contributed by atoms with Gasteiger partial charge < -0.3 is 20.5 Å². The number of alkyl carbamates (subject to hydrolysis) is 1. The number of nitrogens with two attached hydrogens (primary N) is 1. The second-order valence-corrected chi connectivity index (χ2v) is 5.69. The first-order chi connectivity index (χ1) is 8.83. The van der Waals surface area contributed by atoms with Crippen LogP contribution in [-0.4, -0.2) is 24.3 Å². The number of anilines is 1. The summed E-state index contributed by atoms with van der Waals surface area (Å²) in [7, 11) is 0. The summed E-state index contributed by atoms with van der Waals surface area (Å²) in [6.45, 7) is 5.91. The van der Waals surface area contributed by atoms with Crippen LogP contribution < -0.4 is 15.8 Å². The summed E-state index contributed by atoms with van der Waals surface area (Å²) < 4.78 is 10.9. The van der Waals surface area contributed by atoms with Crippen molar-refractivity contribution in [1.29, 1.82) is 0 Å². The molecule has 1 atom stereocenters.